The van der Waals surface area contributed by atoms with Crippen LogP contribution in [0.15, 0.2) is 29.2 Å². The van der Waals surface area contributed by atoms with E-state index in [0.29, 0.717) is 31.7 Å². The number of carbonyl (C=O) groups is 1. The molecule has 7 heteroatoms. The second-order valence-electron chi connectivity index (χ2n) is 6.18. The van der Waals surface area contributed by atoms with Crippen molar-refractivity contribution >= 4 is 15.9 Å². The first kappa shape index (κ1) is 16.4. The van der Waals surface area contributed by atoms with Crippen LogP contribution in [0.5, 0.6) is 0 Å². The van der Waals surface area contributed by atoms with Gasteiger partial charge in [-0.3, -0.25) is 4.79 Å². The van der Waals surface area contributed by atoms with Gasteiger partial charge in [-0.15, -0.1) is 0 Å². The molecule has 0 aliphatic carbocycles. The molecule has 0 spiro atoms. The van der Waals surface area contributed by atoms with E-state index in [-0.39, 0.29) is 10.8 Å². The fourth-order valence-corrected chi connectivity index (χ4v) is 4.69. The summed E-state index contributed by atoms with van der Waals surface area (Å²) in [4.78, 5) is 14.3. The van der Waals surface area contributed by atoms with E-state index in [2.05, 4.69) is 0 Å². The van der Waals surface area contributed by atoms with E-state index >= 15 is 0 Å². The van der Waals surface area contributed by atoms with E-state index in [9.17, 15) is 18.3 Å². The van der Waals surface area contributed by atoms with Gasteiger partial charge in [0.25, 0.3) is 5.91 Å². The highest BCUT2D eigenvalue weighted by Gasteiger charge is 2.28. The molecule has 23 heavy (non-hydrogen) atoms. The van der Waals surface area contributed by atoms with E-state index in [1.54, 1.807) is 17.0 Å². The standard InChI is InChI=1S/C16H22N2O4S/c19-14-4-3-9-17(12-14)16(20)13-5-7-15(8-6-13)23(21,22)18-10-1-2-11-18/h5-8,14,19H,1-4,9-12H2. The lowest BCUT2D eigenvalue weighted by Crippen LogP contribution is -2.42. The van der Waals surface area contributed by atoms with E-state index in [1.807, 2.05) is 0 Å². The van der Waals surface area contributed by atoms with Crippen LogP contribution in [0.25, 0.3) is 0 Å². The second-order valence-corrected chi connectivity index (χ2v) is 8.12. The van der Waals surface area contributed by atoms with E-state index < -0.39 is 16.1 Å². The van der Waals surface area contributed by atoms with Gasteiger partial charge < -0.3 is 10.0 Å². The largest absolute Gasteiger partial charge is 0.391 e. The number of carbonyl (C=O) groups excluding carboxylic acids is 1. The first-order chi connectivity index (χ1) is 11.0. The van der Waals surface area contributed by atoms with Gasteiger partial charge >= 0.3 is 0 Å². The molecule has 2 fully saturated rings. The average molecular weight is 338 g/mol. The van der Waals surface area contributed by atoms with Crippen LogP contribution in [-0.4, -0.2) is 60.9 Å². The predicted molar refractivity (Wildman–Crippen MR) is 85.6 cm³/mol. The van der Waals surface area contributed by atoms with Crippen LogP contribution < -0.4 is 0 Å². The van der Waals surface area contributed by atoms with Gasteiger partial charge in [-0.2, -0.15) is 4.31 Å². The van der Waals surface area contributed by atoms with Crippen molar-refractivity contribution < 1.29 is 18.3 Å². The topological polar surface area (TPSA) is 77.9 Å². The van der Waals surface area contributed by atoms with Crippen molar-refractivity contribution in [3.05, 3.63) is 29.8 Å². The van der Waals surface area contributed by atoms with E-state index in [0.717, 1.165) is 25.7 Å². The lowest BCUT2D eigenvalue weighted by molar-refractivity contribution is 0.0473. The number of hydrogen-bond acceptors (Lipinski definition) is 4. The van der Waals surface area contributed by atoms with Gasteiger partial charge in [0.2, 0.25) is 10.0 Å². The molecule has 2 aliphatic rings. The summed E-state index contributed by atoms with van der Waals surface area (Å²) in [7, 11) is -3.45. The normalized spacial score (nSPS) is 23.2. The van der Waals surface area contributed by atoms with Gasteiger partial charge in [-0.25, -0.2) is 8.42 Å². The number of sulfonamides is 1. The first-order valence-electron chi connectivity index (χ1n) is 8.06. The minimum absolute atomic E-state index is 0.158. The lowest BCUT2D eigenvalue weighted by atomic mass is 10.1. The minimum atomic E-state index is -3.45. The third kappa shape index (κ3) is 3.41. The fourth-order valence-electron chi connectivity index (χ4n) is 3.17. The van der Waals surface area contributed by atoms with Crippen molar-refractivity contribution in [2.24, 2.45) is 0 Å². The summed E-state index contributed by atoms with van der Waals surface area (Å²) >= 11 is 0. The highest BCUT2D eigenvalue weighted by Crippen LogP contribution is 2.22. The van der Waals surface area contributed by atoms with Gasteiger partial charge in [-0.05, 0) is 49.9 Å². The molecule has 1 N–H and O–H groups in total. The van der Waals surface area contributed by atoms with Crippen molar-refractivity contribution in [1.82, 2.24) is 9.21 Å². The molecule has 1 unspecified atom stereocenters. The average Bonchev–Trinajstić information content (AvgIpc) is 3.09. The zero-order valence-corrected chi connectivity index (χ0v) is 13.8. The van der Waals surface area contributed by atoms with E-state index in [4.69, 9.17) is 0 Å². The van der Waals surface area contributed by atoms with Crippen LogP contribution in [-0.2, 0) is 10.0 Å². The summed E-state index contributed by atoms with van der Waals surface area (Å²) in [5, 5.41) is 9.67. The maximum absolute atomic E-state index is 12.5. The smallest absolute Gasteiger partial charge is 0.253 e. The lowest BCUT2D eigenvalue weighted by Gasteiger charge is -2.30. The summed E-state index contributed by atoms with van der Waals surface area (Å²) in [5.74, 6) is -0.158. The first-order valence-corrected chi connectivity index (χ1v) is 9.50. The van der Waals surface area contributed by atoms with Gasteiger partial charge in [-0.1, -0.05) is 0 Å². The van der Waals surface area contributed by atoms with Gasteiger partial charge in [0.15, 0.2) is 0 Å². The third-order valence-corrected chi connectivity index (χ3v) is 6.40. The summed E-state index contributed by atoms with van der Waals surface area (Å²) in [5.41, 5.74) is 0.458. The zero-order chi connectivity index (χ0) is 16.4. The number of nitrogens with zero attached hydrogens (tertiary/aromatic N) is 2. The molecule has 2 heterocycles. The molecular formula is C16H22N2O4S. The molecule has 0 radical (unpaired) electrons. The molecule has 1 aromatic rings. The molecule has 0 saturated carbocycles. The Balaban J connectivity index is 1.75. The Morgan fingerprint density at radius 3 is 2.30 bits per heavy atom. The molecular weight excluding hydrogens is 316 g/mol. The number of aliphatic hydroxyl groups excluding tert-OH is 1. The minimum Gasteiger partial charge on any atom is -0.391 e. The Labute approximate surface area is 136 Å². The number of likely N-dealkylation sites (tertiary alicyclic amines) is 1. The van der Waals surface area contributed by atoms with Crippen LogP contribution in [0.3, 0.4) is 0 Å². The molecule has 0 bridgehead atoms. The quantitative estimate of drug-likeness (QED) is 0.894. The summed E-state index contributed by atoms with van der Waals surface area (Å²) in [6, 6.07) is 6.13. The molecule has 1 atom stereocenters. The molecule has 126 valence electrons. The number of piperidine rings is 1. The Bertz CT molecular complexity index is 666. The molecule has 0 aromatic heterocycles. The molecule has 1 aromatic carbocycles. The number of aliphatic hydroxyl groups is 1. The van der Waals surface area contributed by atoms with Crippen LogP contribution in [0, 0.1) is 0 Å². The van der Waals surface area contributed by atoms with Gasteiger partial charge in [0, 0.05) is 31.7 Å². The maximum atomic E-state index is 12.5. The van der Waals surface area contributed by atoms with Gasteiger partial charge in [0.1, 0.15) is 0 Å². The monoisotopic (exact) mass is 338 g/mol. The van der Waals surface area contributed by atoms with Crippen molar-refractivity contribution in [2.75, 3.05) is 26.2 Å². The molecule has 6 nitrogen and oxygen atoms in total. The Hall–Kier alpha value is -1.44. The number of rotatable bonds is 3. The molecule has 1 amide bonds. The van der Waals surface area contributed by atoms with Crippen LogP contribution in [0.1, 0.15) is 36.0 Å². The Kier molecular flexibility index (Phi) is 4.70. The van der Waals surface area contributed by atoms with Crippen LogP contribution in [0.4, 0.5) is 0 Å². The Morgan fingerprint density at radius 1 is 1.04 bits per heavy atom. The van der Waals surface area contributed by atoms with E-state index in [1.165, 1.54) is 16.4 Å². The van der Waals surface area contributed by atoms with Crippen LogP contribution >= 0.6 is 0 Å². The number of amides is 1. The van der Waals surface area contributed by atoms with Crippen molar-refractivity contribution in [2.45, 2.75) is 36.7 Å². The van der Waals surface area contributed by atoms with Crippen molar-refractivity contribution in [1.29, 1.82) is 0 Å². The number of benzene rings is 1. The summed E-state index contributed by atoms with van der Waals surface area (Å²) in [6.45, 7) is 2.10. The zero-order valence-electron chi connectivity index (χ0n) is 13.0. The van der Waals surface area contributed by atoms with Crippen molar-refractivity contribution in [3.8, 4) is 0 Å². The van der Waals surface area contributed by atoms with Gasteiger partial charge in [0.05, 0.1) is 11.0 Å². The third-order valence-electron chi connectivity index (χ3n) is 4.49. The Morgan fingerprint density at radius 2 is 1.70 bits per heavy atom. The summed E-state index contributed by atoms with van der Waals surface area (Å²) in [6.07, 6.45) is 2.83. The molecule has 3 rings (SSSR count). The molecule has 2 saturated heterocycles. The summed E-state index contributed by atoms with van der Waals surface area (Å²) < 4.78 is 26.4. The number of β-amino-alcohol motifs (C(OH)–C–C–N with tert-alkyl or cyclic N) is 1. The van der Waals surface area contributed by atoms with Crippen molar-refractivity contribution in [3.63, 3.8) is 0 Å². The molecule has 2 aliphatic heterocycles. The second kappa shape index (κ2) is 6.59. The highest BCUT2D eigenvalue weighted by atomic mass is 32.2. The number of hydrogen-bond donors (Lipinski definition) is 1. The highest BCUT2D eigenvalue weighted by molar-refractivity contribution is 7.89. The SMILES string of the molecule is O=C(c1ccc(S(=O)(=O)N2CCCC2)cc1)N1CCCC(O)C1. The maximum Gasteiger partial charge on any atom is 0.253 e. The predicted octanol–water partition coefficient (Wildman–Crippen LogP) is 1.07. The fraction of sp³-hybridized carbons (Fsp3) is 0.562. The van der Waals surface area contributed by atoms with Crippen LogP contribution in [0.2, 0.25) is 0 Å².